The molecule has 0 spiro atoms. The molecule has 8 heteroatoms. The van der Waals surface area contributed by atoms with E-state index in [1.54, 1.807) is 18.2 Å². The Morgan fingerprint density at radius 1 is 1.35 bits per heavy atom. The number of fused-ring (bicyclic) bond motifs is 1. The molecular formula is C12H6BrFN4O2. The summed E-state index contributed by atoms with van der Waals surface area (Å²) >= 11 is 3.18. The minimum absolute atomic E-state index is 0.0993. The Morgan fingerprint density at radius 3 is 2.85 bits per heavy atom. The molecule has 3 rings (SSSR count). The summed E-state index contributed by atoms with van der Waals surface area (Å²) in [7, 11) is 0. The van der Waals surface area contributed by atoms with E-state index in [0.29, 0.717) is 10.2 Å². The van der Waals surface area contributed by atoms with Gasteiger partial charge in [-0.05, 0) is 24.3 Å². The van der Waals surface area contributed by atoms with Crippen molar-refractivity contribution in [2.24, 2.45) is 0 Å². The maximum atomic E-state index is 14.0. The van der Waals surface area contributed by atoms with Gasteiger partial charge in [-0.1, -0.05) is 15.9 Å². The number of nitrogens with zero attached hydrogens (tertiary/aromatic N) is 4. The van der Waals surface area contributed by atoms with E-state index in [1.807, 2.05) is 0 Å². The molecule has 0 amide bonds. The van der Waals surface area contributed by atoms with Gasteiger partial charge in [0.25, 0.3) is 11.6 Å². The molecular weight excluding hydrogens is 331 g/mol. The van der Waals surface area contributed by atoms with Crippen molar-refractivity contribution in [2.45, 2.75) is 0 Å². The molecule has 2 aromatic heterocycles. The van der Waals surface area contributed by atoms with E-state index in [4.69, 9.17) is 5.11 Å². The smallest absolute Gasteiger partial charge is 0.375 e. The molecule has 100 valence electrons. The van der Waals surface area contributed by atoms with Crippen molar-refractivity contribution >= 4 is 27.7 Å². The second-order valence-electron chi connectivity index (χ2n) is 3.91. The molecule has 3 aromatic rings. The fourth-order valence-corrected chi connectivity index (χ4v) is 2.12. The maximum Gasteiger partial charge on any atom is 0.375 e. The van der Waals surface area contributed by atoms with Crippen LogP contribution in [0.15, 0.2) is 34.9 Å². The molecule has 0 saturated carbocycles. The molecule has 0 unspecified atom stereocenters. The van der Waals surface area contributed by atoms with Crippen molar-refractivity contribution in [1.29, 1.82) is 0 Å². The summed E-state index contributed by atoms with van der Waals surface area (Å²) < 4.78 is 15.8. The van der Waals surface area contributed by atoms with E-state index < -0.39 is 11.8 Å². The van der Waals surface area contributed by atoms with Gasteiger partial charge in [-0.3, -0.25) is 0 Å². The Hall–Kier alpha value is -2.35. The van der Waals surface area contributed by atoms with Gasteiger partial charge in [-0.25, -0.2) is 14.2 Å². The summed E-state index contributed by atoms with van der Waals surface area (Å²) in [5, 5.41) is 12.7. The topological polar surface area (TPSA) is 80.4 Å². The van der Waals surface area contributed by atoms with Gasteiger partial charge < -0.3 is 5.11 Å². The van der Waals surface area contributed by atoms with Gasteiger partial charge in [0.2, 0.25) is 0 Å². The molecule has 0 fully saturated rings. The molecule has 6 nitrogen and oxygen atoms in total. The van der Waals surface area contributed by atoms with Gasteiger partial charge >= 0.3 is 5.97 Å². The molecule has 0 bridgehead atoms. The number of hydrogen-bond acceptors (Lipinski definition) is 4. The zero-order valence-electron chi connectivity index (χ0n) is 9.79. The van der Waals surface area contributed by atoms with E-state index >= 15 is 0 Å². The summed E-state index contributed by atoms with van der Waals surface area (Å²) in [6.07, 6.45) is 1.42. The van der Waals surface area contributed by atoms with Crippen LogP contribution in [-0.4, -0.2) is 30.7 Å². The number of carboxylic acids is 1. The number of rotatable bonds is 2. The van der Waals surface area contributed by atoms with Crippen molar-refractivity contribution in [3.05, 3.63) is 46.6 Å². The number of carboxylic acid groups (broad SMARTS) is 1. The van der Waals surface area contributed by atoms with E-state index in [2.05, 4.69) is 31.0 Å². The van der Waals surface area contributed by atoms with E-state index in [0.717, 1.165) is 0 Å². The molecule has 0 aliphatic rings. The lowest BCUT2D eigenvalue weighted by Gasteiger charge is -2.05. The first kappa shape index (κ1) is 12.7. The Labute approximate surface area is 120 Å². The molecule has 1 aromatic carbocycles. The minimum Gasteiger partial charge on any atom is -0.475 e. The van der Waals surface area contributed by atoms with E-state index in [9.17, 15) is 9.18 Å². The Morgan fingerprint density at radius 2 is 2.15 bits per heavy atom. The van der Waals surface area contributed by atoms with Gasteiger partial charge in [0.1, 0.15) is 5.82 Å². The Kier molecular flexibility index (Phi) is 2.94. The fourth-order valence-electron chi connectivity index (χ4n) is 1.79. The first-order chi connectivity index (χ1) is 9.56. The van der Waals surface area contributed by atoms with Crippen LogP contribution in [0, 0.1) is 5.82 Å². The van der Waals surface area contributed by atoms with E-state index in [-0.39, 0.29) is 17.2 Å². The lowest BCUT2D eigenvalue weighted by atomic mass is 10.1. The van der Waals surface area contributed by atoms with Gasteiger partial charge in [0.15, 0.2) is 0 Å². The summed E-state index contributed by atoms with van der Waals surface area (Å²) in [6.45, 7) is 0. The summed E-state index contributed by atoms with van der Waals surface area (Å²) in [6, 6.07) is 6.10. The van der Waals surface area contributed by atoms with Crippen molar-refractivity contribution in [1.82, 2.24) is 19.6 Å². The zero-order valence-corrected chi connectivity index (χ0v) is 11.4. The molecule has 0 radical (unpaired) electrons. The highest BCUT2D eigenvalue weighted by atomic mass is 79.9. The van der Waals surface area contributed by atoms with Gasteiger partial charge in [0.05, 0.1) is 5.69 Å². The molecule has 0 saturated heterocycles. The molecule has 0 aliphatic carbocycles. The van der Waals surface area contributed by atoms with Crippen molar-refractivity contribution in [3.63, 3.8) is 0 Å². The third kappa shape index (κ3) is 2.03. The molecule has 1 N–H and O–H groups in total. The van der Waals surface area contributed by atoms with Crippen molar-refractivity contribution in [2.75, 3.05) is 0 Å². The predicted molar refractivity (Wildman–Crippen MR) is 70.8 cm³/mol. The highest BCUT2D eigenvalue weighted by Crippen LogP contribution is 2.25. The lowest BCUT2D eigenvalue weighted by Crippen LogP contribution is -2.01. The second kappa shape index (κ2) is 4.64. The predicted octanol–water partition coefficient (Wildman–Crippen LogP) is 2.39. The van der Waals surface area contributed by atoms with Crippen LogP contribution in [0.4, 0.5) is 4.39 Å². The standard InChI is InChI=1S/C12H6BrFN4O2/c13-6-1-2-7(8(14)5-6)9-3-4-15-12-16-10(11(19)20)17-18(9)12/h1-5H,(H,19,20). The SMILES string of the molecule is O=C(O)c1nc2nccc(-c3ccc(Br)cc3F)n2n1. The second-order valence-corrected chi connectivity index (χ2v) is 4.82. The summed E-state index contributed by atoms with van der Waals surface area (Å²) in [5.74, 6) is -2.01. The number of carbonyl (C=O) groups is 1. The van der Waals surface area contributed by atoms with Crippen molar-refractivity contribution in [3.8, 4) is 11.3 Å². The quantitative estimate of drug-likeness (QED) is 0.777. The third-order valence-corrected chi connectivity index (χ3v) is 3.13. The average molecular weight is 337 g/mol. The minimum atomic E-state index is -1.27. The van der Waals surface area contributed by atoms with Crippen LogP contribution in [0.3, 0.4) is 0 Å². The average Bonchev–Trinajstić information content (AvgIpc) is 2.83. The number of benzene rings is 1. The van der Waals surface area contributed by atoms with Crippen LogP contribution in [0.1, 0.15) is 10.6 Å². The highest BCUT2D eigenvalue weighted by molar-refractivity contribution is 9.10. The van der Waals surface area contributed by atoms with Gasteiger partial charge in [0, 0.05) is 16.2 Å². The van der Waals surface area contributed by atoms with Crippen LogP contribution >= 0.6 is 15.9 Å². The van der Waals surface area contributed by atoms with Crippen molar-refractivity contribution < 1.29 is 14.3 Å². The Bertz CT molecular complexity index is 833. The summed E-state index contributed by atoms with van der Waals surface area (Å²) in [4.78, 5) is 18.6. The number of hydrogen-bond donors (Lipinski definition) is 1. The molecule has 0 aliphatic heterocycles. The lowest BCUT2D eigenvalue weighted by molar-refractivity contribution is 0.0684. The monoisotopic (exact) mass is 336 g/mol. The largest absolute Gasteiger partial charge is 0.475 e. The number of halogens is 2. The zero-order chi connectivity index (χ0) is 14.3. The molecule has 0 atom stereocenters. The van der Waals surface area contributed by atoms with Crippen LogP contribution < -0.4 is 0 Å². The third-order valence-electron chi connectivity index (χ3n) is 2.64. The fraction of sp³-hybridized carbons (Fsp3) is 0. The van der Waals surface area contributed by atoms with Crippen LogP contribution in [0.25, 0.3) is 17.0 Å². The maximum absolute atomic E-state index is 14.0. The van der Waals surface area contributed by atoms with Crippen LogP contribution in [0.2, 0.25) is 0 Å². The highest BCUT2D eigenvalue weighted by Gasteiger charge is 2.16. The van der Waals surface area contributed by atoms with E-state index in [1.165, 1.54) is 16.8 Å². The first-order valence-electron chi connectivity index (χ1n) is 5.47. The first-order valence-corrected chi connectivity index (χ1v) is 6.26. The molecule has 2 heterocycles. The molecule has 20 heavy (non-hydrogen) atoms. The van der Waals surface area contributed by atoms with Crippen LogP contribution in [0.5, 0.6) is 0 Å². The number of aromatic carboxylic acids is 1. The summed E-state index contributed by atoms with van der Waals surface area (Å²) in [5.41, 5.74) is 0.655. The Balaban J connectivity index is 2.28. The van der Waals surface area contributed by atoms with Gasteiger partial charge in [-0.15, -0.1) is 5.10 Å². The number of aromatic nitrogens is 4. The van der Waals surface area contributed by atoms with Gasteiger partial charge in [-0.2, -0.15) is 9.50 Å². The normalized spacial score (nSPS) is 10.9. The van der Waals surface area contributed by atoms with Crippen LogP contribution in [-0.2, 0) is 0 Å².